The van der Waals surface area contributed by atoms with Crippen LogP contribution in [-0.4, -0.2) is 38.5 Å². The molecule has 60 valence electrons. The van der Waals surface area contributed by atoms with Gasteiger partial charge in [0.15, 0.2) is 0 Å². The number of hydrogen-bond donors (Lipinski definition) is 2. The zero-order valence-electron chi connectivity index (χ0n) is 6.11. The lowest BCUT2D eigenvalue weighted by Gasteiger charge is -2.37. The second-order valence-electron chi connectivity index (χ2n) is 2.37. The summed E-state index contributed by atoms with van der Waals surface area (Å²) < 4.78 is 18.5. The highest BCUT2D eigenvalue weighted by Gasteiger charge is 2.21. The van der Waals surface area contributed by atoms with Crippen molar-refractivity contribution in [3.8, 4) is 0 Å². The van der Waals surface area contributed by atoms with E-state index in [0.29, 0.717) is 17.3 Å². The molecule has 0 radical (unpaired) electrons. The molecule has 0 bridgehead atoms. The maximum Gasteiger partial charge on any atom is 0.140 e. The monoisotopic (exact) mass is 164 g/mol. The Hall–Kier alpha value is -0.260. The fraction of sp³-hybridized carbons (Fsp3) is 0.800. The molecule has 0 fully saturated rings. The van der Waals surface area contributed by atoms with Gasteiger partial charge in [0, 0.05) is 7.05 Å². The second kappa shape index (κ2) is 2.41. The first kappa shape index (κ1) is 7.84. The van der Waals surface area contributed by atoms with E-state index in [0.717, 1.165) is 0 Å². The largest absolute Gasteiger partial charge is 0.297 e. The summed E-state index contributed by atoms with van der Waals surface area (Å²) in [5, 5.41) is 6.08. The Morgan fingerprint density at radius 2 is 2.20 bits per heavy atom. The van der Waals surface area contributed by atoms with Gasteiger partial charge in [-0.05, 0) is 6.92 Å². The normalized spacial score (nSPS) is 27.6. The number of hydrazone groups is 1. The summed E-state index contributed by atoms with van der Waals surface area (Å²) in [5.41, 5.74) is 0. The summed E-state index contributed by atoms with van der Waals surface area (Å²) in [5.74, 6) is 0.416. The molecule has 0 saturated heterocycles. The van der Waals surface area contributed by atoms with E-state index in [-0.39, 0.29) is 0 Å². The van der Waals surface area contributed by atoms with Crippen LogP contribution in [-0.2, 0) is 0 Å². The molecule has 0 aliphatic carbocycles. The minimum absolute atomic E-state index is 0.416. The van der Waals surface area contributed by atoms with Gasteiger partial charge < -0.3 is 0 Å². The molecule has 2 N–H and O–H groups in total. The fourth-order valence-electron chi connectivity index (χ4n) is 0.763. The second-order valence-corrected chi connectivity index (χ2v) is 4.70. The maximum atomic E-state index is 9.24. The van der Waals surface area contributed by atoms with Gasteiger partial charge in [-0.15, -0.1) is 0 Å². The van der Waals surface area contributed by atoms with E-state index in [1.807, 2.05) is 7.05 Å². The zero-order chi connectivity index (χ0) is 7.78. The predicted molar refractivity (Wildman–Crippen MR) is 43.5 cm³/mol. The Balaban J connectivity index is 2.78. The molecule has 1 aliphatic heterocycles. The van der Waals surface area contributed by atoms with Crippen LogP contribution >= 0.6 is 10.6 Å². The Bertz CT molecular complexity index is 169. The molecule has 0 saturated carbocycles. The van der Waals surface area contributed by atoms with Crippen LogP contribution < -0.4 is 0 Å². The molecule has 0 spiro atoms. The average Bonchev–Trinajstić information content (AvgIpc) is 1.81. The van der Waals surface area contributed by atoms with Gasteiger partial charge in [-0.25, -0.2) is 0 Å². The van der Waals surface area contributed by atoms with Gasteiger partial charge in [0.2, 0.25) is 0 Å². The summed E-state index contributed by atoms with van der Waals surface area (Å²) in [6, 6.07) is 0. The van der Waals surface area contributed by atoms with Crippen molar-refractivity contribution in [2.45, 2.75) is 6.92 Å². The Morgan fingerprint density at radius 3 is 2.60 bits per heavy atom. The highest BCUT2D eigenvalue weighted by atomic mass is 32.3. The zero-order valence-corrected chi connectivity index (χ0v) is 6.93. The van der Waals surface area contributed by atoms with Crippen molar-refractivity contribution in [3.05, 3.63) is 0 Å². The molecule has 1 aliphatic rings. The SMILES string of the molecule is CC1=NN(C)CCS1(O)O. The number of nitrogens with zero attached hydrogens (tertiary/aromatic N) is 2. The van der Waals surface area contributed by atoms with Gasteiger partial charge in [-0.3, -0.25) is 14.1 Å². The van der Waals surface area contributed by atoms with Gasteiger partial charge in [0.25, 0.3) is 0 Å². The van der Waals surface area contributed by atoms with Gasteiger partial charge >= 0.3 is 0 Å². The Labute approximate surface area is 61.9 Å². The van der Waals surface area contributed by atoms with Crippen LogP contribution in [0.4, 0.5) is 0 Å². The molecule has 0 atom stereocenters. The van der Waals surface area contributed by atoms with Crippen molar-refractivity contribution in [1.29, 1.82) is 0 Å². The quantitative estimate of drug-likeness (QED) is 0.562. The van der Waals surface area contributed by atoms with Gasteiger partial charge in [-0.1, -0.05) is 0 Å². The van der Waals surface area contributed by atoms with E-state index in [9.17, 15) is 9.11 Å². The third-order valence-corrected chi connectivity index (χ3v) is 3.26. The Morgan fingerprint density at radius 1 is 1.60 bits per heavy atom. The van der Waals surface area contributed by atoms with Gasteiger partial charge in [0.1, 0.15) is 5.04 Å². The average molecular weight is 164 g/mol. The molecule has 0 aromatic heterocycles. The van der Waals surface area contributed by atoms with Crippen molar-refractivity contribution < 1.29 is 9.11 Å². The molecule has 5 heteroatoms. The van der Waals surface area contributed by atoms with Crippen LogP contribution in [0, 0.1) is 0 Å². The lowest BCUT2D eigenvalue weighted by molar-refractivity contribution is 0.361. The van der Waals surface area contributed by atoms with Crippen molar-refractivity contribution in [3.63, 3.8) is 0 Å². The molecule has 0 amide bonds. The van der Waals surface area contributed by atoms with E-state index in [2.05, 4.69) is 5.10 Å². The first-order valence-corrected chi connectivity index (χ1v) is 4.76. The summed E-state index contributed by atoms with van der Waals surface area (Å²) in [6.07, 6.45) is 0. The van der Waals surface area contributed by atoms with E-state index < -0.39 is 10.6 Å². The highest BCUT2D eigenvalue weighted by Crippen LogP contribution is 2.41. The molecular weight excluding hydrogens is 152 g/mol. The molecule has 1 rings (SSSR count). The molecule has 0 aromatic carbocycles. The van der Waals surface area contributed by atoms with Crippen LogP contribution in [0.5, 0.6) is 0 Å². The molecular formula is C5H12N2O2S. The van der Waals surface area contributed by atoms with Crippen LogP contribution in [0.1, 0.15) is 6.92 Å². The van der Waals surface area contributed by atoms with Gasteiger partial charge in [0.05, 0.1) is 12.3 Å². The topological polar surface area (TPSA) is 56.1 Å². The summed E-state index contributed by atoms with van der Waals surface area (Å²) in [6.45, 7) is 2.27. The molecule has 1 heterocycles. The first-order chi connectivity index (χ1) is 4.52. The van der Waals surface area contributed by atoms with Crippen LogP contribution in [0.25, 0.3) is 0 Å². The number of hydrogen-bond acceptors (Lipinski definition) is 4. The van der Waals surface area contributed by atoms with Crippen LogP contribution in [0.15, 0.2) is 5.10 Å². The minimum atomic E-state index is -2.49. The van der Waals surface area contributed by atoms with Gasteiger partial charge in [-0.2, -0.15) is 15.7 Å². The van der Waals surface area contributed by atoms with E-state index in [1.165, 1.54) is 0 Å². The minimum Gasteiger partial charge on any atom is -0.297 e. The van der Waals surface area contributed by atoms with Crippen LogP contribution in [0.3, 0.4) is 0 Å². The Kier molecular flexibility index (Phi) is 1.89. The molecule has 4 nitrogen and oxygen atoms in total. The summed E-state index contributed by atoms with van der Waals surface area (Å²) in [7, 11) is -0.668. The third kappa shape index (κ3) is 1.42. The molecule has 10 heavy (non-hydrogen) atoms. The van der Waals surface area contributed by atoms with Crippen molar-refractivity contribution >= 4 is 15.6 Å². The number of rotatable bonds is 0. The summed E-state index contributed by atoms with van der Waals surface area (Å²) in [4.78, 5) is 0. The van der Waals surface area contributed by atoms with Crippen LogP contribution in [0.2, 0.25) is 0 Å². The smallest absolute Gasteiger partial charge is 0.140 e. The lowest BCUT2D eigenvalue weighted by atomic mass is 10.7. The fourth-order valence-corrected chi connectivity index (χ4v) is 1.85. The maximum absolute atomic E-state index is 9.24. The lowest BCUT2D eigenvalue weighted by Crippen LogP contribution is -2.29. The standard InChI is InChI=1S/C5H12N2O2S/c1-5-6-7(2)3-4-10(5,8)9/h8-9H,3-4H2,1-2H3. The summed E-state index contributed by atoms with van der Waals surface area (Å²) >= 11 is 0. The molecule has 0 aromatic rings. The molecule has 0 unspecified atom stereocenters. The van der Waals surface area contributed by atoms with Crippen molar-refractivity contribution in [1.82, 2.24) is 5.01 Å². The highest BCUT2D eigenvalue weighted by molar-refractivity contribution is 8.36. The van der Waals surface area contributed by atoms with E-state index in [1.54, 1.807) is 11.9 Å². The first-order valence-electron chi connectivity index (χ1n) is 3.04. The van der Waals surface area contributed by atoms with Crippen molar-refractivity contribution in [2.75, 3.05) is 19.3 Å². The van der Waals surface area contributed by atoms with Crippen molar-refractivity contribution in [2.24, 2.45) is 5.10 Å². The van der Waals surface area contributed by atoms with E-state index in [4.69, 9.17) is 0 Å². The third-order valence-electron chi connectivity index (χ3n) is 1.48. The predicted octanol–water partition coefficient (Wildman–Crippen LogP) is 1.02. The van der Waals surface area contributed by atoms with E-state index >= 15 is 0 Å².